The first-order valence-electron chi connectivity index (χ1n) is 8.56. The lowest BCUT2D eigenvalue weighted by atomic mass is 9.79. The molecule has 1 spiro atoms. The lowest BCUT2D eigenvalue weighted by molar-refractivity contribution is -0.137. The van der Waals surface area contributed by atoms with Crippen molar-refractivity contribution in [2.75, 3.05) is 33.4 Å². The number of ether oxygens (including phenoxy) is 2. The highest BCUT2D eigenvalue weighted by molar-refractivity contribution is 5.78. The molecule has 6 nitrogen and oxygen atoms in total. The topological polar surface area (TPSA) is 67.5 Å². The number of rotatable bonds is 4. The molecule has 1 aromatic carbocycles. The second-order valence-corrected chi connectivity index (χ2v) is 6.93. The minimum Gasteiger partial charge on any atom is -0.497 e. The zero-order valence-electron chi connectivity index (χ0n) is 14.0. The first-order valence-corrected chi connectivity index (χ1v) is 8.56. The van der Waals surface area contributed by atoms with Gasteiger partial charge in [0.25, 0.3) is 0 Å². The third-order valence-electron chi connectivity index (χ3n) is 5.29. The number of benzene rings is 1. The van der Waals surface area contributed by atoms with Crippen molar-refractivity contribution in [3.05, 3.63) is 24.0 Å². The summed E-state index contributed by atoms with van der Waals surface area (Å²) < 4.78 is 10.8. The normalized spacial score (nSPS) is 24.2. The first-order chi connectivity index (χ1) is 11.7. The number of hydrogen-bond donors (Lipinski definition) is 1. The van der Waals surface area contributed by atoms with Gasteiger partial charge in [0.05, 0.1) is 24.8 Å². The average Bonchev–Trinajstić information content (AvgIpc) is 3.22. The SMILES string of the molecule is COc1ccc2nc(CCN3C[C@]4(CCOC4)CCC3=O)[nH]c2c1. The molecule has 0 unspecified atom stereocenters. The Bertz CT molecular complexity index is 749. The van der Waals surface area contributed by atoms with Crippen LogP contribution < -0.4 is 4.74 Å². The monoisotopic (exact) mass is 329 g/mol. The molecular weight excluding hydrogens is 306 g/mol. The van der Waals surface area contributed by atoms with Crippen LogP contribution in [-0.4, -0.2) is 54.2 Å². The molecule has 0 bridgehead atoms. The van der Waals surface area contributed by atoms with E-state index < -0.39 is 0 Å². The van der Waals surface area contributed by atoms with E-state index in [0.29, 0.717) is 13.0 Å². The van der Waals surface area contributed by atoms with E-state index in [2.05, 4.69) is 9.97 Å². The van der Waals surface area contributed by atoms with E-state index in [4.69, 9.17) is 9.47 Å². The predicted octanol–water partition coefficient (Wildman–Crippen LogP) is 2.14. The number of hydrogen-bond acceptors (Lipinski definition) is 4. The molecule has 6 heteroatoms. The van der Waals surface area contributed by atoms with Crippen molar-refractivity contribution in [2.45, 2.75) is 25.7 Å². The van der Waals surface area contributed by atoms with Crippen molar-refractivity contribution in [1.82, 2.24) is 14.9 Å². The summed E-state index contributed by atoms with van der Waals surface area (Å²) in [4.78, 5) is 22.2. The van der Waals surface area contributed by atoms with Gasteiger partial charge in [0.2, 0.25) is 5.91 Å². The first kappa shape index (κ1) is 15.4. The molecule has 0 saturated carbocycles. The van der Waals surface area contributed by atoms with Crippen LogP contribution in [0.1, 0.15) is 25.1 Å². The summed E-state index contributed by atoms with van der Waals surface area (Å²) in [5.41, 5.74) is 2.08. The number of H-pyrrole nitrogens is 1. The number of fused-ring (bicyclic) bond motifs is 1. The highest BCUT2D eigenvalue weighted by atomic mass is 16.5. The molecule has 1 N–H and O–H groups in total. The number of likely N-dealkylation sites (tertiary alicyclic amines) is 1. The molecule has 2 aromatic rings. The molecule has 1 amide bonds. The van der Waals surface area contributed by atoms with Gasteiger partial charge in [-0.2, -0.15) is 0 Å². The smallest absolute Gasteiger partial charge is 0.222 e. The summed E-state index contributed by atoms with van der Waals surface area (Å²) in [5.74, 6) is 1.98. The second-order valence-electron chi connectivity index (χ2n) is 6.93. The van der Waals surface area contributed by atoms with Crippen molar-refractivity contribution in [1.29, 1.82) is 0 Å². The molecule has 1 atom stereocenters. The van der Waals surface area contributed by atoms with Crippen LogP contribution >= 0.6 is 0 Å². The Labute approximate surface area is 141 Å². The van der Waals surface area contributed by atoms with Crippen LogP contribution in [0, 0.1) is 5.41 Å². The van der Waals surface area contributed by atoms with Gasteiger partial charge in [-0.05, 0) is 25.0 Å². The highest BCUT2D eigenvalue weighted by Gasteiger charge is 2.41. The molecule has 3 heterocycles. The fourth-order valence-electron chi connectivity index (χ4n) is 3.81. The number of piperidine rings is 1. The largest absolute Gasteiger partial charge is 0.497 e. The van der Waals surface area contributed by atoms with Gasteiger partial charge in [-0.15, -0.1) is 0 Å². The van der Waals surface area contributed by atoms with Gasteiger partial charge in [-0.3, -0.25) is 4.79 Å². The van der Waals surface area contributed by atoms with Crippen molar-refractivity contribution < 1.29 is 14.3 Å². The summed E-state index contributed by atoms with van der Waals surface area (Å²) in [7, 11) is 1.66. The zero-order valence-corrected chi connectivity index (χ0v) is 14.0. The van der Waals surface area contributed by atoms with Crippen molar-refractivity contribution in [3.63, 3.8) is 0 Å². The van der Waals surface area contributed by atoms with E-state index in [1.165, 1.54) is 0 Å². The molecule has 24 heavy (non-hydrogen) atoms. The fourth-order valence-corrected chi connectivity index (χ4v) is 3.81. The second kappa shape index (κ2) is 6.09. The lowest BCUT2D eigenvalue weighted by Gasteiger charge is -2.39. The van der Waals surface area contributed by atoms with Gasteiger partial charge >= 0.3 is 0 Å². The standard InChI is InChI=1S/C18H23N3O3/c1-23-13-2-3-14-15(10-13)20-16(19-14)5-8-21-11-18(6-4-17(21)22)7-9-24-12-18/h2-3,10H,4-9,11-12H2,1H3,(H,19,20)/t18-/m1/s1. The van der Waals surface area contributed by atoms with Crippen LogP contribution in [0.3, 0.4) is 0 Å². The van der Waals surface area contributed by atoms with Crippen molar-refractivity contribution in [2.24, 2.45) is 5.41 Å². The third-order valence-corrected chi connectivity index (χ3v) is 5.29. The van der Waals surface area contributed by atoms with Gasteiger partial charge in [-0.25, -0.2) is 4.98 Å². The summed E-state index contributed by atoms with van der Waals surface area (Å²) in [6.45, 7) is 3.14. The van der Waals surface area contributed by atoms with E-state index in [-0.39, 0.29) is 11.3 Å². The number of nitrogens with zero attached hydrogens (tertiary/aromatic N) is 2. The van der Waals surface area contributed by atoms with Gasteiger partial charge in [0, 0.05) is 44.0 Å². The molecule has 2 aliphatic rings. The van der Waals surface area contributed by atoms with E-state index in [1.54, 1.807) is 7.11 Å². The average molecular weight is 329 g/mol. The van der Waals surface area contributed by atoms with E-state index >= 15 is 0 Å². The summed E-state index contributed by atoms with van der Waals surface area (Å²) in [5, 5.41) is 0. The maximum absolute atomic E-state index is 12.2. The number of imidazole rings is 1. The number of aromatic nitrogens is 2. The highest BCUT2D eigenvalue weighted by Crippen LogP contribution is 2.38. The maximum atomic E-state index is 12.2. The number of carbonyl (C=O) groups excluding carboxylic acids is 1. The van der Waals surface area contributed by atoms with E-state index in [1.807, 2.05) is 23.1 Å². The number of amides is 1. The Balaban J connectivity index is 1.44. The maximum Gasteiger partial charge on any atom is 0.222 e. The number of aromatic amines is 1. The summed E-state index contributed by atoms with van der Waals surface area (Å²) in [6.07, 6.45) is 3.41. The van der Waals surface area contributed by atoms with Crippen molar-refractivity contribution >= 4 is 16.9 Å². The Hall–Kier alpha value is -2.08. The van der Waals surface area contributed by atoms with E-state index in [9.17, 15) is 4.79 Å². The molecule has 2 aliphatic heterocycles. The predicted molar refractivity (Wildman–Crippen MR) is 90.0 cm³/mol. The van der Waals surface area contributed by atoms with Gasteiger partial charge in [0.1, 0.15) is 11.6 Å². The van der Waals surface area contributed by atoms with Gasteiger partial charge < -0.3 is 19.4 Å². The number of carbonyl (C=O) groups is 1. The molecular formula is C18H23N3O3. The molecule has 0 radical (unpaired) electrons. The van der Waals surface area contributed by atoms with Crippen LogP contribution in [0.2, 0.25) is 0 Å². The van der Waals surface area contributed by atoms with Crippen molar-refractivity contribution in [3.8, 4) is 5.75 Å². The van der Waals surface area contributed by atoms with Gasteiger partial charge in [0.15, 0.2) is 0 Å². The van der Waals surface area contributed by atoms with Crippen LogP contribution in [0.5, 0.6) is 5.75 Å². The molecule has 1 aromatic heterocycles. The van der Waals surface area contributed by atoms with Gasteiger partial charge in [-0.1, -0.05) is 0 Å². The molecule has 128 valence electrons. The van der Waals surface area contributed by atoms with E-state index in [0.717, 1.165) is 61.6 Å². The molecule has 2 saturated heterocycles. The molecule has 2 fully saturated rings. The van der Waals surface area contributed by atoms with Crippen LogP contribution in [0.4, 0.5) is 0 Å². The zero-order chi connectivity index (χ0) is 16.6. The summed E-state index contributed by atoms with van der Waals surface area (Å²) >= 11 is 0. The van der Waals surface area contributed by atoms with Crippen LogP contribution in [-0.2, 0) is 16.0 Å². The minimum atomic E-state index is 0.190. The minimum absolute atomic E-state index is 0.190. The Morgan fingerprint density at radius 3 is 3.12 bits per heavy atom. The Morgan fingerprint density at radius 1 is 1.42 bits per heavy atom. The number of nitrogens with one attached hydrogen (secondary N) is 1. The lowest BCUT2D eigenvalue weighted by Crippen LogP contribution is -2.47. The fraction of sp³-hybridized carbons (Fsp3) is 0.556. The molecule has 4 rings (SSSR count). The third kappa shape index (κ3) is 2.86. The number of methoxy groups -OCH3 is 1. The Morgan fingerprint density at radius 2 is 2.33 bits per heavy atom. The Kier molecular flexibility index (Phi) is 3.92. The van der Waals surface area contributed by atoms with Crippen LogP contribution in [0.25, 0.3) is 11.0 Å². The van der Waals surface area contributed by atoms with Crippen LogP contribution in [0.15, 0.2) is 18.2 Å². The molecule has 0 aliphatic carbocycles. The summed E-state index contributed by atoms with van der Waals surface area (Å²) in [6, 6.07) is 5.80. The quantitative estimate of drug-likeness (QED) is 0.933.